The van der Waals surface area contributed by atoms with Crippen LogP contribution in [0.25, 0.3) is 11.0 Å². The number of fused-ring (bicyclic) bond motifs is 1. The van der Waals surface area contributed by atoms with Crippen LogP contribution in [-0.4, -0.2) is 39.6 Å². The van der Waals surface area contributed by atoms with Gasteiger partial charge in [-0.25, -0.2) is 9.78 Å². The minimum absolute atomic E-state index is 0.0260. The Morgan fingerprint density at radius 2 is 2.19 bits per heavy atom. The van der Waals surface area contributed by atoms with E-state index in [0.717, 1.165) is 19.4 Å². The number of pyridine rings is 1. The standard InChI is InChI=1S/C18H25N5O3/c1-4-23-15-14(17(25)22-18(23)26)12(8-13(21-15)10(2)3)16(24)20-11-6-5-7-19-9-11/h8,10-11,19H,4-7,9H2,1-3H3,(H,20,24)(H,22,25,26)/t11-/m0/s1. The van der Waals surface area contributed by atoms with E-state index in [2.05, 4.69) is 20.6 Å². The molecule has 0 spiro atoms. The van der Waals surface area contributed by atoms with Crippen LogP contribution in [0.3, 0.4) is 0 Å². The van der Waals surface area contributed by atoms with Gasteiger partial charge in [-0.1, -0.05) is 13.8 Å². The van der Waals surface area contributed by atoms with Gasteiger partial charge in [0.25, 0.3) is 11.5 Å². The molecule has 1 aliphatic rings. The highest BCUT2D eigenvalue weighted by Crippen LogP contribution is 2.20. The highest BCUT2D eigenvalue weighted by Gasteiger charge is 2.22. The Morgan fingerprint density at radius 1 is 1.42 bits per heavy atom. The Morgan fingerprint density at radius 3 is 2.81 bits per heavy atom. The van der Waals surface area contributed by atoms with Gasteiger partial charge in [-0.15, -0.1) is 0 Å². The van der Waals surface area contributed by atoms with Crippen LogP contribution in [0.15, 0.2) is 15.7 Å². The number of amides is 1. The molecule has 8 nitrogen and oxygen atoms in total. The zero-order chi connectivity index (χ0) is 18.8. The van der Waals surface area contributed by atoms with Gasteiger partial charge in [-0.2, -0.15) is 0 Å². The van der Waals surface area contributed by atoms with Crippen molar-refractivity contribution < 1.29 is 4.79 Å². The third kappa shape index (κ3) is 3.41. The Hall–Kier alpha value is -2.48. The fourth-order valence-electron chi connectivity index (χ4n) is 3.30. The van der Waals surface area contributed by atoms with Crippen LogP contribution in [0.2, 0.25) is 0 Å². The molecule has 3 rings (SSSR count). The molecule has 140 valence electrons. The second-order valence-electron chi connectivity index (χ2n) is 6.97. The molecule has 1 atom stereocenters. The number of carbonyl (C=O) groups is 1. The number of piperidine rings is 1. The monoisotopic (exact) mass is 359 g/mol. The zero-order valence-corrected chi connectivity index (χ0v) is 15.4. The van der Waals surface area contributed by atoms with E-state index in [1.54, 1.807) is 13.0 Å². The first-order valence-electron chi connectivity index (χ1n) is 9.11. The number of carbonyl (C=O) groups excluding carboxylic acids is 1. The van der Waals surface area contributed by atoms with Crippen LogP contribution in [0.1, 0.15) is 55.6 Å². The number of nitrogens with zero attached hydrogens (tertiary/aromatic N) is 2. The molecule has 0 bridgehead atoms. The lowest BCUT2D eigenvalue weighted by atomic mass is 10.0. The van der Waals surface area contributed by atoms with Gasteiger partial charge in [0.1, 0.15) is 0 Å². The van der Waals surface area contributed by atoms with Crippen LogP contribution in [0, 0.1) is 0 Å². The number of aromatic nitrogens is 3. The lowest BCUT2D eigenvalue weighted by Gasteiger charge is -2.24. The summed E-state index contributed by atoms with van der Waals surface area (Å²) in [6, 6.07) is 1.69. The lowest BCUT2D eigenvalue weighted by molar-refractivity contribution is 0.0932. The first-order valence-corrected chi connectivity index (χ1v) is 9.11. The topological polar surface area (TPSA) is 109 Å². The van der Waals surface area contributed by atoms with E-state index >= 15 is 0 Å². The summed E-state index contributed by atoms with van der Waals surface area (Å²) in [5.41, 5.74) is 0.120. The van der Waals surface area contributed by atoms with Crippen molar-refractivity contribution in [3.8, 4) is 0 Å². The number of aromatic amines is 1. The number of hydrogen-bond acceptors (Lipinski definition) is 5. The second kappa shape index (κ2) is 7.41. The summed E-state index contributed by atoms with van der Waals surface area (Å²) < 4.78 is 1.39. The quantitative estimate of drug-likeness (QED) is 0.745. The molecule has 26 heavy (non-hydrogen) atoms. The van der Waals surface area contributed by atoms with Crippen LogP contribution in [-0.2, 0) is 6.54 Å². The molecule has 0 radical (unpaired) electrons. The van der Waals surface area contributed by atoms with E-state index < -0.39 is 11.2 Å². The van der Waals surface area contributed by atoms with Crippen LogP contribution in [0.4, 0.5) is 0 Å². The smallest absolute Gasteiger partial charge is 0.329 e. The molecule has 1 saturated heterocycles. The summed E-state index contributed by atoms with van der Waals surface area (Å²) in [6.07, 6.45) is 1.89. The van der Waals surface area contributed by atoms with Crippen molar-refractivity contribution in [2.45, 2.75) is 52.1 Å². The predicted octanol–water partition coefficient (Wildman–Crippen LogP) is 0.710. The number of H-pyrrole nitrogens is 1. The van der Waals surface area contributed by atoms with Crippen molar-refractivity contribution in [1.29, 1.82) is 0 Å². The van der Waals surface area contributed by atoms with Gasteiger partial charge in [0.15, 0.2) is 5.65 Å². The minimum atomic E-state index is -0.579. The average molecular weight is 359 g/mol. The van der Waals surface area contributed by atoms with Crippen LogP contribution < -0.4 is 21.9 Å². The molecular weight excluding hydrogens is 334 g/mol. The first-order chi connectivity index (χ1) is 12.4. The first kappa shape index (κ1) is 18.3. The van der Waals surface area contributed by atoms with Gasteiger partial charge in [0, 0.05) is 24.8 Å². The van der Waals surface area contributed by atoms with Gasteiger partial charge in [-0.3, -0.25) is 19.1 Å². The summed E-state index contributed by atoms with van der Waals surface area (Å²) in [5, 5.41) is 6.42. The molecule has 2 aromatic heterocycles. The highest BCUT2D eigenvalue weighted by atomic mass is 16.2. The molecule has 3 heterocycles. The normalized spacial score (nSPS) is 17.6. The lowest BCUT2D eigenvalue weighted by Crippen LogP contribution is -2.46. The summed E-state index contributed by atoms with van der Waals surface area (Å²) >= 11 is 0. The Labute approximate surface area is 151 Å². The van der Waals surface area contributed by atoms with E-state index in [9.17, 15) is 14.4 Å². The van der Waals surface area contributed by atoms with E-state index in [0.29, 0.717) is 18.8 Å². The van der Waals surface area contributed by atoms with Crippen molar-refractivity contribution >= 4 is 16.9 Å². The van der Waals surface area contributed by atoms with Crippen molar-refractivity contribution in [1.82, 2.24) is 25.2 Å². The van der Waals surface area contributed by atoms with Gasteiger partial charge in [0.05, 0.1) is 10.9 Å². The third-order valence-electron chi connectivity index (χ3n) is 4.75. The summed E-state index contributed by atoms with van der Waals surface area (Å²) in [5.74, 6) is -0.248. The molecule has 8 heteroatoms. The second-order valence-corrected chi connectivity index (χ2v) is 6.97. The van der Waals surface area contributed by atoms with E-state index in [4.69, 9.17) is 0 Å². The van der Waals surface area contributed by atoms with Gasteiger partial charge in [0.2, 0.25) is 0 Å². The van der Waals surface area contributed by atoms with Crippen molar-refractivity contribution in [2.24, 2.45) is 0 Å². The average Bonchev–Trinajstić information content (AvgIpc) is 2.61. The highest BCUT2D eigenvalue weighted by molar-refractivity contribution is 6.05. The third-order valence-corrected chi connectivity index (χ3v) is 4.75. The van der Waals surface area contributed by atoms with Gasteiger partial charge >= 0.3 is 5.69 Å². The Balaban J connectivity index is 2.17. The molecule has 1 aliphatic heterocycles. The summed E-state index contributed by atoms with van der Waals surface area (Å²) in [6.45, 7) is 7.74. The van der Waals surface area contributed by atoms with Gasteiger partial charge in [-0.05, 0) is 38.3 Å². The number of nitrogens with one attached hydrogen (secondary N) is 3. The maximum absolute atomic E-state index is 12.9. The number of rotatable bonds is 4. The Bertz CT molecular complexity index is 938. The van der Waals surface area contributed by atoms with Crippen molar-refractivity contribution in [3.05, 3.63) is 38.2 Å². The van der Waals surface area contributed by atoms with Crippen LogP contribution in [0.5, 0.6) is 0 Å². The number of hydrogen-bond donors (Lipinski definition) is 3. The SMILES string of the molecule is CCn1c(=O)[nH]c(=O)c2c(C(=O)N[C@H]3CCCNC3)cc(C(C)C)nc21. The van der Waals surface area contributed by atoms with Crippen LogP contribution >= 0.6 is 0 Å². The molecule has 0 aliphatic carbocycles. The molecule has 1 fully saturated rings. The maximum Gasteiger partial charge on any atom is 0.329 e. The molecule has 3 N–H and O–H groups in total. The largest absolute Gasteiger partial charge is 0.348 e. The Kier molecular flexibility index (Phi) is 5.22. The maximum atomic E-state index is 12.9. The minimum Gasteiger partial charge on any atom is -0.348 e. The zero-order valence-electron chi connectivity index (χ0n) is 15.4. The molecule has 1 amide bonds. The predicted molar refractivity (Wildman–Crippen MR) is 99.7 cm³/mol. The molecule has 0 saturated carbocycles. The van der Waals surface area contributed by atoms with E-state index in [-0.39, 0.29) is 34.5 Å². The molecule has 0 unspecified atom stereocenters. The fraction of sp³-hybridized carbons (Fsp3) is 0.556. The summed E-state index contributed by atoms with van der Waals surface area (Å²) in [4.78, 5) is 44.3. The van der Waals surface area contributed by atoms with Crippen molar-refractivity contribution in [3.63, 3.8) is 0 Å². The molecular formula is C18H25N5O3. The summed E-state index contributed by atoms with van der Waals surface area (Å²) in [7, 11) is 0. The molecule has 2 aromatic rings. The molecule has 0 aromatic carbocycles. The number of aryl methyl sites for hydroxylation is 1. The van der Waals surface area contributed by atoms with Gasteiger partial charge < -0.3 is 10.6 Å². The van der Waals surface area contributed by atoms with E-state index in [1.807, 2.05) is 13.8 Å². The van der Waals surface area contributed by atoms with E-state index in [1.165, 1.54) is 4.57 Å². The van der Waals surface area contributed by atoms with Crippen molar-refractivity contribution in [2.75, 3.05) is 13.1 Å². The fourth-order valence-corrected chi connectivity index (χ4v) is 3.30.